The first-order chi connectivity index (χ1) is 9.31. The van der Waals surface area contributed by atoms with Crippen LogP contribution in [0.15, 0.2) is 52.9 Å². The van der Waals surface area contributed by atoms with E-state index in [0.717, 1.165) is 5.75 Å². The quantitative estimate of drug-likeness (QED) is 0.778. The van der Waals surface area contributed by atoms with Crippen molar-refractivity contribution in [3.05, 3.63) is 54.4 Å². The number of aromatic nitrogens is 1. The number of rotatable bonds is 4. The molecule has 3 aromatic rings. The van der Waals surface area contributed by atoms with Crippen molar-refractivity contribution in [2.45, 2.75) is 6.42 Å². The van der Waals surface area contributed by atoms with Crippen LogP contribution in [-0.4, -0.2) is 16.7 Å². The van der Waals surface area contributed by atoms with Gasteiger partial charge in [0.05, 0.1) is 13.0 Å². The molecule has 4 heteroatoms. The number of ether oxygens (including phenoxy) is 1. The Morgan fingerprint density at radius 1 is 1.11 bits per heavy atom. The van der Waals surface area contributed by atoms with Gasteiger partial charge in [-0.3, -0.25) is 0 Å². The molecule has 1 heterocycles. The summed E-state index contributed by atoms with van der Waals surface area (Å²) in [6.07, 6.45) is 0.588. The van der Waals surface area contributed by atoms with Crippen LogP contribution in [0, 0.1) is 0 Å². The van der Waals surface area contributed by atoms with E-state index in [2.05, 4.69) is 4.98 Å². The minimum absolute atomic E-state index is 0.188. The van der Waals surface area contributed by atoms with Crippen molar-refractivity contribution >= 4 is 11.1 Å². The maximum atomic E-state index is 9.36. The molecule has 0 radical (unpaired) electrons. The zero-order valence-corrected chi connectivity index (χ0v) is 10.2. The Bertz CT molecular complexity index is 676. The first kappa shape index (κ1) is 11.6. The minimum atomic E-state index is 0.188. The predicted molar refractivity (Wildman–Crippen MR) is 71.3 cm³/mol. The van der Waals surface area contributed by atoms with Gasteiger partial charge in [0.15, 0.2) is 11.5 Å². The van der Waals surface area contributed by atoms with Crippen molar-refractivity contribution in [3.8, 4) is 11.5 Å². The predicted octanol–water partition coefficient (Wildman–Crippen LogP) is 3.15. The van der Waals surface area contributed by atoms with Crippen molar-refractivity contribution in [1.82, 2.24) is 4.98 Å². The van der Waals surface area contributed by atoms with Gasteiger partial charge in [-0.1, -0.05) is 18.2 Å². The van der Waals surface area contributed by atoms with E-state index < -0.39 is 0 Å². The summed E-state index contributed by atoms with van der Waals surface area (Å²) in [6.45, 7) is 0.503. The molecule has 0 aliphatic carbocycles. The Morgan fingerprint density at radius 2 is 1.95 bits per heavy atom. The molecule has 0 saturated carbocycles. The summed E-state index contributed by atoms with van der Waals surface area (Å²) in [5.41, 5.74) is 1.34. The topological polar surface area (TPSA) is 55.5 Å². The zero-order chi connectivity index (χ0) is 13.1. The summed E-state index contributed by atoms with van der Waals surface area (Å²) < 4.78 is 11.1. The van der Waals surface area contributed by atoms with Crippen LogP contribution in [0.5, 0.6) is 11.5 Å². The average Bonchev–Trinajstić information content (AvgIpc) is 2.82. The van der Waals surface area contributed by atoms with E-state index in [9.17, 15) is 5.11 Å². The van der Waals surface area contributed by atoms with Gasteiger partial charge in [0.1, 0.15) is 17.0 Å². The van der Waals surface area contributed by atoms with E-state index in [0.29, 0.717) is 30.0 Å². The van der Waals surface area contributed by atoms with Crippen molar-refractivity contribution < 1.29 is 14.3 Å². The van der Waals surface area contributed by atoms with Gasteiger partial charge < -0.3 is 14.3 Å². The molecule has 0 fully saturated rings. The van der Waals surface area contributed by atoms with Crippen LogP contribution in [0.3, 0.4) is 0 Å². The highest BCUT2D eigenvalue weighted by Gasteiger charge is 2.06. The Hall–Kier alpha value is -2.49. The number of nitrogens with zero attached hydrogens (tertiary/aromatic N) is 1. The first-order valence-corrected chi connectivity index (χ1v) is 6.07. The largest absolute Gasteiger partial charge is 0.508 e. The van der Waals surface area contributed by atoms with Crippen LogP contribution in [0.25, 0.3) is 11.1 Å². The Kier molecular flexibility index (Phi) is 3.06. The van der Waals surface area contributed by atoms with E-state index in [1.807, 2.05) is 30.3 Å². The zero-order valence-electron chi connectivity index (χ0n) is 10.2. The van der Waals surface area contributed by atoms with Crippen LogP contribution in [0.2, 0.25) is 0 Å². The number of oxazole rings is 1. The molecular weight excluding hydrogens is 242 g/mol. The molecular formula is C15H13NO3. The van der Waals surface area contributed by atoms with Crippen molar-refractivity contribution in [2.75, 3.05) is 6.61 Å². The fourth-order valence-electron chi connectivity index (χ4n) is 1.84. The number of fused-ring (bicyclic) bond motifs is 1. The standard InChI is InChI=1S/C15H13NO3/c17-11-6-7-14-13(10-11)16-15(19-14)8-9-18-12-4-2-1-3-5-12/h1-7,10,17H,8-9H2. The van der Waals surface area contributed by atoms with Crippen LogP contribution in [0.1, 0.15) is 5.89 Å². The number of aromatic hydroxyl groups is 1. The molecule has 1 N–H and O–H groups in total. The molecule has 0 aliphatic rings. The molecule has 2 aromatic carbocycles. The number of phenols is 1. The Morgan fingerprint density at radius 3 is 2.79 bits per heavy atom. The Balaban J connectivity index is 1.65. The van der Waals surface area contributed by atoms with Gasteiger partial charge in [-0.25, -0.2) is 4.98 Å². The normalized spacial score (nSPS) is 10.7. The van der Waals surface area contributed by atoms with Crippen molar-refractivity contribution in [2.24, 2.45) is 0 Å². The highest BCUT2D eigenvalue weighted by atomic mass is 16.5. The van der Waals surface area contributed by atoms with Crippen LogP contribution >= 0.6 is 0 Å². The monoisotopic (exact) mass is 255 g/mol. The lowest BCUT2D eigenvalue weighted by Gasteiger charge is -2.03. The molecule has 0 atom stereocenters. The highest BCUT2D eigenvalue weighted by molar-refractivity contribution is 5.74. The van der Waals surface area contributed by atoms with Crippen LogP contribution < -0.4 is 4.74 Å². The lowest BCUT2D eigenvalue weighted by molar-refractivity contribution is 0.308. The lowest BCUT2D eigenvalue weighted by atomic mass is 10.3. The smallest absolute Gasteiger partial charge is 0.198 e. The molecule has 0 bridgehead atoms. The third-order valence-corrected chi connectivity index (χ3v) is 2.74. The summed E-state index contributed by atoms with van der Waals surface area (Å²) in [5.74, 6) is 1.63. The van der Waals surface area contributed by atoms with E-state index in [1.54, 1.807) is 18.2 Å². The second kappa shape index (κ2) is 5.02. The summed E-state index contributed by atoms with van der Waals surface area (Å²) >= 11 is 0. The molecule has 19 heavy (non-hydrogen) atoms. The van der Waals surface area contributed by atoms with Crippen LogP contribution in [0.4, 0.5) is 0 Å². The number of phenolic OH excluding ortho intramolecular Hbond substituents is 1. The fourth-order valence-corrected chi connectivity index (χ4v) is 1.84. The van der Waals surface area contributed by atoms with Gasteiger partial charge in [-0.05, 0) is 24.3 Å². The average molecular weight is 255 g/mol. The van der Waals surface area contributed by atoms with Crippen LogP contribution in [-0.2, 0) is 6.42 Å². The Labute approximate surface area is 110 Å². The van der Waals surface area contributed by atoms with Gasteiger partial charge in [0.2, 0.25) is 0 Å². The maximum Gasteiger partial charge on any atom is 0.198 e. The minimum Gasteiger partial charge on any atom is -0.508 e. The molecule has 3 rings (SSSR count). The molecule has 1 aromatic heterocycles. The number of para-hydroxylation sites is 1. The number of hydrogen-bond acceptors (Lipinski definition) is 4. The van der Waals surface area contributed by atoms with Crippen molar-refractivity contribution in [3.63, 3.8) is 0 Å². The molecule has 0 spiro atoms. The van der Waals surface area contributed by atoms with Gasteiger partial charge in [-0.15, -0.1) is 0 Å². The molecule has 4 nitrogen and oxygen atoms in total. The fraction of sp³-hybridized carbons (Fsp3) is 0.133. The molecule has 0 amide bonds. The second-order valence-electron chi connectivity index (χ2n) is 4.17. The summed E-state index contributed by atoms with van der Waals surface area (Å²) in [7, 11) is 0. The SMILES string of the molecule is Oc1ccc2oc(CCOc3ccccc3)nc2c1. The van der Waals surface area contributed by atoms with Gasteiger partial charge >= 0.3 is 0 Å². The van der Waals surface area contributed by atoms with Gasteiger partial charge in [-0.2, -0.15) is 0 Å². The summed E-state index contributed by atoms with van der Waals surface area (Å²) in [4.78, 5) is 4.30. The lowest BCUT2D eigenvalue weighted by Crippen LogP contribution is -2.01. The highest BCUT2D eigenvalue weighted by Crippen LogP contribution is 2.20. The third-order valence-electron chi connectivity index (χ3n) is 2.74. The molecule has 0 unspecified atom stereocenters. The number of hydrogen-bond donors (Lipinski definition) is 1. The molecule has 0 aliphatic heterocycles. The molecule has 0 saturated heterocycles. The molecule has 96 valence electrons. The van der Waals surface area contributed by atoms with E-state index in [-0.39, 0.29) is 5.75 Å². The van der Waals surface area contributed by atoms with Gasteiger partial charge in [0, 0.05) is 6.07 Å². The van der Waals surface area contributed by atoms with E-state index in [4.69, 9.17) is 9.15 Å². The van der Waals surface area contributed by atoms with E-state index >= 15 is 0 Å². The number of benzene rings is 2. The summed E-state index contributed by atoms with van der Waals surface area (Å²) in [5, 5.41) is 9.36. The van der Waals surface area contributed by atoms with E-state index in [1.165, 1.54) is 0 Å². The van der Waals surface area contributed by atoms with Gasteiger partial charge in [0.25, 0.3) is 0 Å². The second-order valence-corrected chi connectivity index (χ2v) is 4.17. The summed E-state index contributed by atoms with van der Waals surface area (Å²) in [6, 6.07) is 14.5. The third kappa shape index (κ3) is 2.68. The maximum absolute atomic E-state index is 9.36. The van der Waals surface area contributed by atoms with Crippen molar-refractivity contribution in [1.29, 1.82) is 0 Å². The first-order valence-electron chi connectivity index (χ1n) is 6.07.